The fourth-order valence-electron chi connectivity index (χ4n) is 3.13. The molecule has 0 spiro atoms. The minimum Gasteiger partial charge on any atom is -0.481 e. The van der Waals surface area contributed by atoms with Crippen LogP contribution >= 0.6 is 0 Å². The molecule has 1 N–H and O–H groups in total. The molecule has 0 saturated carbocycles. The second-order valence-electron chi connectivity index (χ2n) is 6.06. The van der Waals surface area contributed by atoms with E-state index in [1.54, 1.807) is 43.4 Å². The van der Waals surface area contributed by atoms with E-state index in [2.05, 4.69) is 15.3 Å². The van der Waals surface area contributed by atoms with E-state index in [1.807, 2.05) is 12.1 Å². The molecule has 1 aliphatic rings. The molecule has 25 heavy (non-hydrogen) atoms. The first-order valence-electron chi connectivity index (χ1n) is 7.98. The van der Waals surface area contributed by atoms with Gasteiger partial charge >= 0.3 is 0 Å². The van der Waals surface area contributed by atoms with Gasteiger partial charge in [-0.1, -0.05) is 6.07 Å². The van der Waals surface area contributed by atoms with Gasteiger partial charge in [0.15, 0.2) is 0 Å². The van der Waals surface area contributed by atoms with Crippen molar-refractivity contribution in [3.05, 3.63) is 53.5 Å². The number of nitrogens with zero attached hydrogens (tertiary/aromatic N) is 3. The maximum Gasteiger partial charge on any atom is 0.251 e. The van der Waals surface area contributed by atoms with Crippen LogP contribution in [0.2, 0.25) is 0 Å². The molecule has 2 atom stereocenters. The molecule has 3 rings (SSSR count). The highest BCUT2D eigenvalue weighted by Crippen LogP contribution is 2.31. The Labute approximate surface area is 146 Å². The lowest BCUT2D eigenvalue weighted by atomic mass is 10.0. The number of hydrogen-bond acceptors (Lipinski definition) is 5. The third-order valence-electron chi connectivity index (χ3n) is 4.33. The smallest absolute Gasteiger partial charge is 0.251 e. The molecule has 1 fully saturated rings. The largest absolute Gasteiger partial charge is 0.481 e. The lowest BCUT2D eigenvalue weighted by Crippen LogP contribution is -2.39. The van der Waals surface area contributed by atoms with Crippen molar-refractivity contribution < 1.29 is 14.3 Å². The van der Waals surface area contributed by atoms with Gasteiger partial charge in [0.25, 0.3) is 5.91 Å². The summed E-state index contributed by atoms with van der Waals surface area (Å²) in [6.45, 7) is 1.80. The zero-order valence-electron chi connectivity index (χ0n) is 14.4. The number of likely N-dealkylation sites (tertiary alicyclic amines) is 1. The van der Waals surface area contributed by atoms with Crippen molar-refractivity contribution in [1.29, 1.82) is 0 Å². The van der Waals surface area contributed by atoms with Gasteiger partial charge in [0, 0.05) is 43.2 Å². The Morgan fingerprint density at radius 3 is 2.88 bits per heavy atom. The molecule has 2 aromatic rings. The molecule has 7 heteroatoms. The standard InChI is InChI=1S/C18H20N4O3/c1-11-7-13(8-15(20-11)25-3)18(24)21-14-9-16(23)22(2)17(14)12-5-4-6-19-10-12/h4-8,10,14,17H,9H2,1-3H3,(H,21,24)/t14-,17+/m1/s1. The predicted molar refractivity (Wildman–Crippen MR) is 91.1 cm³/mol. The van der Waals surface area contributed by atoms with Gasteiger partial charge in [-0.25, -0.2) is 4.98 Å². The van der Waals surface area contributed by atoms with Crippen LogP contribution in [-0.4, -0.2) is 46.9 Å². The third-order valence-corrected chi connectivity index (χ3v) is 4.33. The molecule has 0 bridgehead atoms. The number of aromatic nitrogens is 2. The molecule has 3 heterocycles. The topological polar surface area (TPSA) is 84.4 Å². The lowest BCUT2D eigenvalue weighted by Gasteiger charge is -2.25. The normalized spacial score (nSPS) is 19.8. The molecule has 0 aliphatic carbocycles. The average molecular weight is 340 g/mol. The van der Waals surface area contributed by atoms with E-state index in [-0.39, 0.29) is 30.3 Å². The predicted octanol–water partition coefficient (Wildman–Crippen LogP) is 1.50. The molecule has 2 aromatic heterocycles. The number of amides is 2. The van der Waals surface area contributed by atoms with E-state index in [0.717, 1.165) is 5.56 Å². The summed E-state index contributed by atoms with van der Waals surface area (Å²) in [7, 11) is 3.25. The van der Waals surface area contributed by atoms with Gasteiger partial charge in [-0.05, 0) is 24.6 Å². The first-order chi connectivity index (χ1) is 12.0. The number of carbonyl (C=O) groups is 2. The summed E-state index contributed by atoms with van der Waals surface area (Å²) in [4.78, 5) is 34.8. The highest BCUT2D eigenvalue weighted by Gasteiger charge is 2.39. The van der Waals surface area contributed by atoms with Crippen LogP contribution in [0.1, 0.15) is 34.1 Å². The summed E-state index contributed by atoms with van der Waals surface area (Å²) in [5.41, 5.74) is 2.04. The second kappa shape index (κ2) is 6.88. The minimum atomic E-state index is -0.325. The Morgan fingerprint density at radius 2 is 2.20 bits per heavy atom. The molecule has 1 aliphatic heterocycles. The van der Waals surface area contributed by atoms with E-state index in [9.17, 15) is 9.59 Å². The molecular weight excluding hydrogens is 320 g/mol. The summed E-state index contributed by atoms with van der Waals surface area (Å²) in [5, 5.41) is 2.97. The van der Waals surface area contributed by atoms with Crippen LogP contribution in [0, 0.1) is 6.92 Å². The number of carbonyl (C=O) groups excluding carboxylic acids is 2. The van der Waals surface area contributed by atoms with Crippen molar-refractivity contribution >= 4 is 11.8 Å². The van der Waals surface area contributed by atoms with Gasteiger partial charge in [0.1, 0.15) is 0 Å². The van der Waals surface area contributed by atoms with Crippen molar-refractivity contribution in [1.82, 2.24) is 20.2 Å². The van der Waals surface area contributed by atoms with E-state index < -0.39 is 0 Å². The Kier molecular flexibility index (Phi) is 4.65. The van der Waals surface area contributed by atoms with Gasteiger partial charge in [-0.3, -0.25) is 14.6 Å². The summed E-state index contributed by atoms with van der Waals surface area (Å²) in [5.74, 6) is 0.113. The van der Waals surface area contributed by atoms with Crippen LogP contribution in [0.15, 0.2) is 36.7 Å². The molecular formula is C18H20N4O3. The van der Waals surface area contributed by atoms with Crippen molar-refractivity contribution in [2.75, 3.05) is 14.2 Å². The Morgan fingerprint density at radius 1 is 1.40 bits per heavy atom. The summed E-state index contributed by atoms with van der Waals surface area (Å²) >= 11 is 0. The minimum absolute atomic E-state index is 0.0114. The average Bonchev–Trinajstić information content (AvgIpc) is 2.88. The van der Waals surface area contributed by atoms with Crippen molar-refractivity contribution in [3.63, 3.8) is 0 Å². The molecule has 0 aromatic carbocycles. The highest BCUT2D eigenvalue weighted by atomic mass is 16.5. The molecule has 7 nitrogen and oxygen atoms in total. The summed E-state index contributed by atoms with van der Waals surface area (Å²) in [6, 6.07) is 6.44. The second-order valence-corrected chi connectivity index (χ2v) is 6.06. The van der Waals surface area contributed by atoms with Crippen LogP contribution in [-0.2, 0) is 4.79 Å². The lowest BCUT2D eigenvalue weighted by molar-refractivity contribution is -0.127. The number of likely N-dealkylation sites (N-methyl/N-ethyl adjacent to an activating group) is 1. The number of pyridine rings is 2. The monoisotopic (exact) mass is 340 g/mol. The van der Waals surface area contributed by atoms with E-state index in [1.165, 1.54) is 7.11 Å². The fraction of sp³-hybridized carbons (Fsp3) is 0.333. The third kappa shape index (κ3) is 3.45. The van der Waals surface area contributed by atoms with Crippen molar-refractivity contribution in [2.24, 2.45) is 0 Å². The molecule has 1 saturated heterocycles. The number of ether oxygens (including phenoxy) is 1. The van der Waals surface area contributed by atoms with Gasteiger partial charge in [0.05, 0.1) is 19.2 Å². The quantitative estimate of drug-likeness (QED) is 0.912. The maximum absolute atomic E-state index is 12.7. The van der Waals surface area contributed by atoms with Crippen molar-refractivity contribution in [2.45, 2.75) is 25.4 Å². The highest BCUT2D eigenvalue weighted by molar-refractivity contribution is 5.95. The van der Waals surface area contributed by atoms with Gasteiger partial charge in [0.2, 0.25) is 11.8 Å². The van der Waals surface area contributed by atoms with Crippen LogP contribution in [0.25, 0.3) is 0 Å². The van der Waals surface area contributed by atoms with Crippen LogP contribution in [0.5, 0.6) is 5.88 Å². The van der Waals surface area contributed by atoms with Crippen LogP contribution in [0.3, 0.4) is 0 Å². The molecule has 0 unspecified atom stereocenters. The molecule has 130 valence electrons. The first-order valence-corrected chi connectivity index (χ1v) is 7.98. The van der Waals surface area contributed by atoms with E-state index >= 15 is 0 Å². The van der Waals surface area contributed by atoms with E-state index in [0.29, 0.717) is 17.1 Å². The van der Waals surface area contributed by atoms with Gasteiger partial charge < -0.3 is 15.0 Å². The number of methoxy groups -OCH3 is 1. The SMILES string of the molecule is COc1cc(C(=O)N[C@@H]2CC(=O)N(C)[C@H]2c2cccnc2)cc(C)n1. The fourth-order valence-corrected chi connectivity index (χ4v) is 3.13. The summed E-state index contributed by atoms with van der Waals surface area (Å²) < 4.78 is 5.12. The zero-order valence-corrected chi connectivity index (χ0v) is 14.4. The number of aryl methyl sites for hydroxylation is 1. The van der Waals surface area contributed by atoms with Crippen LogP contribution < -0.4 is 10.1 Å². The number of hydrogen-bond donors (Lipinski definition) is 1. The maximum atomic E-state index is 12.7. The number of nitrogens with one attached hydrogen (secondary N) is 1. The van der Waals surface area contributed by atoms with Crippen molar-refractivity contribution in [3.8, 4) is 5.88 Å². The molecule has 2 amide bonds. The Bertz CT molecular complexity index is 794. The summed E-state index contributed by atoms with van der Waals surface area (Å²) in [6.07, 6.45) is 3.65. The number of rotatable bonds is 4. The van der Waals surface area contributed by atoms with E-state index in [4.69, 9.17) is 4.74 Å². The Hall–Kier alpha value is -2.96. The zero-order chi connectivity index (χ0) is 18.0. The Balaban J connectivity index is 1.84. The van der Waals surface area contributed by atoms with Gasteiger partial charge in [-0.15, -0.1) is 0 Å². The first kappa shape index (κ1) is 16.9. The molecule has 0 radical (unpaired) electrons. The van der Waals surface area contributed by atoms with Gasteiger partial charge in [-0.2, -0.15) is 0 Å². The van der Waals surface area contributed by atoms with Crippen LogP contribution in [0.4, 0.5) is 0 Å².